The van der Waals surface area contributed by atoms with Gasteiger partial charge in [0.2, 0.25) is 0 Å². The standard InChI is InChI=1S/C11H15O2/c1-4-13-11-9(8(2)3)6-5-7-10(11)12/h5-8,12H,2,4H2,1,3H3. The van der Waals surface area contributed by atoms with E-state index in [1.807, 2.05) is 19.9 Å². The summed E-state index contributed by atoms with van der Waals surface area (Å²) in [6.45, 7) is 8.32. The molecule has 2 heteroatoms. The first-order valence-corrected chi connectivity index (χ1v) is 4.44. The van der Waals surface area contributed by atoms with Gasteiger partial charge >= 0.3 is 0 Å². The fraction of sp³-hybridized carbons (Fsp3) is 0.364. The van der Waals surface area contributed by atoms with Crippen molar-refractivity contribution < 1.29 is 9.84 Å². The molecular formula is C11H15O2. The zero-order chi connectivity index (χ0) is 9.84. The van der Waals surface area contributed by atoms with Crippen LogP contribution in [0.2, 0.25) is 0 Å². The van der Waals surface area contributed by atoms with Gasteiger partial charge in [0.25, 0.3) is 0 Å². The summed E-state index contributed by atoms with van der Waals surface area (Å²) in [5.74, 6) is 0.871. The first-order chi connectivity index (χ1) is 6.16. The SMILES string of the molecule is [CH2]C(C)c1cccc(O)c1OCC. The van der Waals surface area contributed by atoms with Crippen LogP contribution in [0.15, 0.2) is 18.2 Å². The highest BCUT2D eigenvalue weighted by Crippen LogP contribution is 2.34. The molecule has 1 N–H and O–H groups in total. The normalized spacial score (nSPS) is 10.5. The van der Waals surface area contributed by atoms with Gasteiger partial charge in [-0.15, -0.1) is 0 Å². The van der Waals surface area contributed by atoms with Crippen LogP contribution >= 0.6 is 0 Å². The van der Waals surface area contributed by atoms with Crippen molar-refractivity contribution in [3.63, 3.8) is 0 Å². The number of phenols is 1. The van der Waals surface area contributed by atoms with Crippen molar-refractivity contribution in [2.75, 3.05) is 6.61 Å². The third-order valence-corrected chi connectivity index (χ3v) is 1.84. The van der Waals surface area contributed by atoms with E-state index in [2.05, 4.69) is 6.92 Å². The second kappa shape index (κ2) is 4.17. The van der Waals surface area contributed by atoms with Crippen LogP contribution in [0, 0.1) is 6.92 Å². The van der Waals surface area contributed by atoms with E-state index < -0.39 is 0 Å². The van der Waals surface area contributed by atoms with Gasteiger partial charge in [0, 0.05) is 5.56 Å². The summed E-state index contributed by atoms with van der Waals surface area (Å²) in [7, 11) is 0. The van der Waals surface area contributed by atoms with Gasteiger partial charge < -0.3 is 9.84 Å². The van der Waals surface area contributed by atoms with Crippen molar-refractivity contribution in [1.82, 2.24) is 0 Å². The Labute approximate surface area is 79.2 Å². The minimum absolute atomic E-state index is 0.119. The molecule has 1 rings (SSSR count). The molecule has 0 aliphatic heterocycles. The molecule has 0 bridgehead atoms. The topological polar surface area (TPSA) is 29.5 Å². The van der Waals surface area contributed by atoms with E-state index in [0.717, 1.165) is 5.56 Å². The monoisotopic (exact) mass is 179 g/mol. The van der Waals surface area contributed by atoms with Crippen LogP contribution in [0.5, 0.6) is 11.5 Å². The summed E-state index contributed by atoms with van der Waals surface area (Å²) in [5, 5.41) is 9.52. The van der Waals surface area contributed by atoms with Gasteiger partial charge in [-0.2, -0.15) is 0 Å². The number of para-hydroxylation sites is 1. The van der Waals surface area contributed by atoms with Crippen LogP contribution in [0.3, 0.4) is 0 Å². The second-order valence-electron chi connectivity index (χ2n) is 3.03. The van der Waals surface area contributed by atoms with E-state index in [0.29, 0.717) is 12.4 Å². The summed E-state index contributed by atoms with van der Waals surface area (Å²) < 4.78 is 5.34. The van der Waals surface area contributed by atoms with E-state index in [-0.39, 0.29) is 11.7 Å². The van der Waals surface area contributed by atoms with E-state index in [4.69, 9.17) is 4.74 Å². The zero-order valence-electron chi connectivity index (χ0n) is 8.08. The molecule has 0 heterocycles. The van der Waals surface area contributed by atoms with Gasteiger partial charge in [-0.25, -0.2) is 0 Å². The van der Waals surface area contributed by atoms with Crippen LogP contribution in [-0.2, 0) is 0 Å². The highest BCUT2D eigenvalue weighted by atomic mass is 16.5. The molecule has 1 atom stereocenters. The maximum Gasteiger partial charge on any atom is 0.164 e. The van der Waals surface area contributed by atoms with Crippen molar-refractivity contribution in [2.24, 2.45) is 0 Å². The van der Waals surface area contributed by atoms with Crippen molar-refractivity contribution in [2.45, 2.75) is 19.8 Å². The Morgan fingerprint density at radius 3 is 2.77 bits per heavy atom. The number of rotatable bonds is 3. The third-order valence-electron chi connectivity index (χ3n) is 1.84. The molecule has 0 spiro atoms. The molecule has 1 aromatic rings. The zero-order valence-corrected chi connectivity index (χ0v) is 8.08. The van der Waals surface area contributed by atoms with Crippen molar-refractivity contribution in [3.8, 4) is 11.5 Å². The lowest BCUT2D eigenvalue weighted by atomic mass is 10.0. The molecule has 0 fully saturated rings. The van der Waals surface area contributed by atoms with Crippen LogP contribution in [0.25, 0.3) is 0 Å². The van der Waals surface area contributed by atoms with Crippen molar-refractivity contribution >= 4 is 0 Å². The van der Waals surface area contributed by atoms with E-state index in [1.165, 1.54) is 0 Å². The Hall–Kier alpha value is -1.18. The maximum atomic E-state index is 9.52. The van der Waals surface area contributed by atoms with Gasteiger partial charge in [0.15, 0.2) is 11.5 Å². The molecular weight excluding hydrogens is 164 g/mol. The molecule has 1 aromatic carbocycles. The summed E-state index contributed by atoms with van der Waals surface area (Å²) in [6, 6.07) is 5.34. The molecule has 2 nitrogen and oxygen atoms in total. The molecule has 0 aromatic heterocycles. The number of phenolic OH excluding ortho intramolecular Hbond substituents is 1. The van der Waals surface area contributed by atoms with Gasteiger partial charge in [0.1, 0.15) is 0 Å². The summed E-state index contributed by atoms with van der Waals surface area (Å²) in [4.78, 5) is 0. The maximum absolute atomic E-state index is 9.52. The largest absolute Gasteiger partial charge is 0.504 e. The molecule has 0 aliphatic carbocycles. The highest BCUT2D eigenvalue weighted by Gasteiger charge is 2.10. The first kappa shape index (κ1) is 9.90. The minimum Gasteiger partial charge on any atom is -0.504 e. The van der Waals surface area contributed by atoms with Crippen LogP contribution in [0.4, 0.5) is 0 Å². The molecule has 0 saturated carbocycles. The lowest BCUT2D eigenvalue weighted by molar-refractivity contribution is 0.314. The fourth-order valence-corrected chi connectivity index (χ4v) is 1.23. The molecule has 71 valence electrons. The van der Waals surface area contributed by atoms with E-state index in [9.17, 15) is 5.11 Å². The van der Waals surface area contributed by atoms with Crippen molar-refractivity contribution in [3.05, 3.63) is 30.7 Å². The van der Waals surface area contributed by atoms with E-state index in [1.54, 1.807) is 12.1 Å². The van der Waals surface area contributed by atoms with Gasteiger partial charge in [-0.3, -0.25) is 0 Å². The van der Waals surface area contributed by atoms with Crippen molar-refractivity contribution in [1.29, 1.82) is 0 Å². The Morgan fingerprint density at radius 2 is 2.23 bits per heavy atom. The second-order valence-corrected chi connectivity index (χ2v) is 3.03. The average Bonchev–Trinajstić information content (AvgIpc) is 2.08. The molecule has 13 heavy (non-hydrogen) atoms. The van der Waals surface area contributed by atoms with Crippen LogP contribution in [-0.4, -0.2) is 11.7 Å². The number of benzene rings is 1. The first-order valence-electron chi connectivity index (χ1n) is 4.44. The van der Waals surface area contributed by atoms with Gasteiger partial charge in [-0.1, -0.05) is 19.1 Å². The number of hydrogen-bond donors (Lipinski definition) is 1. The van der Waals surface area contributed by atoms with Gasteiger partial charge in [0.05, 0.1) is 6.61 Å². The lowest BCUT2D eigenvalue weighted by Crippen LogP contribution is -1.98. The smallest absolute Gasteiger partial charge is 0.164 e. The predicted octanol–water partition coefficient (Wildman–Crippen LogP) is 2.73. The van der Waals surface area contributed by atoms with Gasteiger partial charge in [-0.05, 0) is 25.8 Å². The molecule has 0 amide bonds. The minimum atomic E-state index is 0.119. The molecule has 0 aliphatic rings. The summed E-state index contributed by atoms with van der Waals surface area (Å²) in [5.41, 5.74) is 0.946. The van der Waals surface area contributed by atoms with Crippen LogP contribution in [0.1, 0.15) is 25.3 Å². The number of aromatic hydroxyl groups is 1. The van der Waals surface area contributed by atoms with Crippen LogP contribution < -0.4 is 4.74 Å². The average molecular weight is 179 g/mol. The Kier molecular flexibility index (Phi) is 3.18. The fourth-order valence-electron chi connectivity index (χ4n) is 1.23. The summed E-state index contributed by atoms with van der Waals surface area (Å²) >= 11 is 0. The Balaban J connectivity index is 3.09. The van der Waals surface area contributed by atoms with E-state index >= 15 is 0 Å². The third kappa shape index (κ3) is 2.14. The molecule has 0 saturated heterocycles. The summed E-state index contributed by atoms with van der Waals surface area (Å²) in [6.07, 6.45) is 0. The quantitative estimate of drug-likeness (QED) is 0.773. The predicted molar refractivity (Wildman–Crippen MR) is 53.0 cm³/mol. The number of ether oxygens (including phenoxy) is 1. The lowest BCUT2D eigenvalue weighted by Gasteiger charge is -2.13. The Morgan fingerprint density at radius 1 is 1.54 bits per heavy atom. The molecule has 1 radical (unpaired) electrons. The highest BCUT2D eigenvalue weighted by molar-refractivity contribution is 5.47. The molecule has 1 unspecified atom stereocenters. The Bertz CT molecular complexity index is 279. The number of hydrogen-bond acceptors (Lipinski definition) is 2.